The van der Waals surface area contributed by atoms with Crippen LogP contribution in [0.1, 0.15) is 85.5 Å². The summed E-state index contributed by atoms with van der Waals surface area (Å²) in [6.07, 6.45) is 12.5. The summed E-state index contributed by atoms with van der Waals surface area (Å²) in [5.41, 5.74) is 0. The lowest BCUT2D eigenvalue weighted by atomic mass is 9.92. The van der Waals surface area contributed by atoms with Crippen molar-refractivity contribution < 1.29 is 0 Å². The number of unbranched alkanes of at least 4 members (excludes halogenated alkanes) is 2. The molecule has 17 heavy (non-hydrogen) atoms. The Morgan fingerprint density at radius 1 is 0.824 bits per heavy atom. The standard InChI is InChI=1S/C16H35N/c1-5-8-9-12-16(11-6-2)13-10-14-17-15(4)7-3/h15-17H,5-14H2,1-4H3. The molecule has 0 aliphatic carbocycles. The zero-order chi connectivity index (χ0) is 12.9. The third-order valence-corrected chi connectivity index (χ3v) is 3.81. The third-order valence-electron chi connectivity index (χ3n) is 3.81. The first kappa shape index (κ1) is 17.0. The highest BCUT2D eigenvalue weighted by molar-refractivity contribution is 4.63. The highest BCUT2D eigenvalue weighted by Crippen LogP contribution is 2.20. The van der Waals surface area contributed by atoms with Crippen molar-refractivity contribution in [2.45, 2.75) is 91.5 Å². The van der Waals surface area contributed by atoms with Crippen LogP contribution in [0.3, 0.4) is 0 Å². The van der Waals surface area contributed by atoms with E-state index in [1.54, 1.807) is 0 Å². The van der Waals surface area contributed by atoms with E-state index < -0.39 is 0 Å². The van der Waals surface area contributed by atoms with Crippen LogP contribution in [0.2, 0.25) is 0 Å². The first-order chi connectivity index (χ1) is 8.24. The van der Waals surface area contributed by atoms with Gasteiger partial charge in [-0.3, -0.25) is 0 Å². The van der Waals surface area contributed by atoms with Gasteiger partial charge in [-0.15, -0.1) is 0 Å². The van der Waals surface area contributed by atoms with Gasteiger partial charge >= 0.3 is 0 Å². The fraction of sp³-hybridized carbons (Fsp3) is 1.00. The van der Waals surface area contributed by atoms with E-state index in [9.17, 15) is 0 Å². The molecule has 0 saturated heterocycles. The highest BCUT2D eigenvalue weighted by Gasteiger charge is 2.07. The minimum Gasteiger partial charge on any atom is -0.314 e. The summed E-state index contributed by atoms with van der Waals surface area (Å²) < 4.78 is 0. The topological polar surface area (TPSA) is 12.0 Å². The van der Waals surface area contributed by atoms with Crippen LogP contribution < -0.4 is 5.32 Å². The average Bonchev–Trinajstić information content (AvgIpc) is 2.34. The summed E-state index contributed by atoms with van der Waals surface area (Å²) in [6, 6.07) is 0.694. The lowest BCUT2D eigenvalue weighted by molar-refractivity contribution is 0.378. The minimum absolute atomic E-state index is 0.694. The maximum absolute atomic E-state index is 3.60. The van der Waals surface area contributed by atoms with E-state index in [2.05, 4.69) is 33.0 Å². The molecular formula is C16H35N. The number of rotatable bonds is 12. The molecule has 0 aliphatic rings. The first-order valence-corrected chi connectivity index (χ1v) is 7.97. The van der Waals surface area contributed by atoms with Crippen molar-refractivity contribution in [3.8, 4) is 0 Å². The van der Waals surface area contributed by atoms with Crippen LogP contribution in [0.4, 0.5) is 0 Å². The van der Waals surface area contributed by atoms with E-state index in [4.69, 9.17) is 0 Å². The number of hydrogen-bond acceptors (Lipinski definition) is 1. The molecule has 0 bridgehead atoms. The van der Waals surface area contributed by atoms with Crippen molar-refractivity contribution in [3.63, 3.8) is 0 Å². The normalized spacial score (nSPS) is 14.8. The predicted molar refractivity (Wildman–Crippen MR) is 79.5 cm³/mol. The Morgan fingerprint density at radius 2 is 1.53 bits per heavy atom. The van der Waals surface area contributed by atoms with Gasteiger partial charge in [-0.25, -0.2) is 0 Å². The molecule has 0 aromatic carbocycles. The number of nitrogens with one attached hydrogen (secondary N) is 1. The Bertz CT molecular complexity index is 144. The Kier molecular flexibility index (Phi) is 12.4. The van der Waals surface area contributed by atoms with Gasteiger partial charge in [0.1, 0.15) is 0 Å². The van der Waals surface area contributed by atoms with Crippen LogP contribution in [-0.2, 0) is 0 Å². The van der Waals surface area contributed by atoms with Gasteiger partial charge in [-0.1, -0.05) is 59.3 Å². The van der Waals surface area contributed by atoms with Gasteiger partial charge in [0.05, 0.1) is 0 Å². The quantitative estimate of drug-likeness (QED) is 0.466. The van der Waals surface area contributed by atoms with Crippen LogP contribution in [0.25, 0.3) is 0 Å². The lowest BCUT2D eigenvalue weighted by Gasteiger charge is -2.17. The summed E-state index contributed by atoms with van der Waals surface area (Å²) in [7, 11) is 0. The summed E-state index contributed by atoms with van der Waals surface area (Å²) in [6.45, 7) is 10.4. The van der Waals surface area contributed by atoms with Crippen LogP contribution >= 0.6 is 0 Å². The summed E-state index contributed by atoms with van der Waals surface area (Å²) in [5, 5.41) is 3.60. The second-order valence-electron chi connectivity index (χ2n) is 5.56. The van der Waals surface area contributed by atoms with E-state index >= 15 is 0 Å². The van der Waals surface area contributed by atoms with E-state index in [-0.39, 0.29) is 0 Å². The largest absolute Gasteiger partial charge is 0.314 e. The molecule has 1 N–H and O–H groups in total. The SMILES string of the molecule is CCCCCC(CCC)CCCNC(C)CC. The van der Waals surface area contributed by atoms with Crippen molar-refractivity contribution in [1.29, 1.82) is 0 Å². The van der Waals surface area contributed by atoms with Gasteiger partial charge in [-0.2, -0.15) is 0 Å². The molecule has 0 saturated carbocycles. The van der Waals surface area contributed by atoms with Crippen molar-refractivity contribution in [2.75, 3.05) is 6.54 Å². The fourth-order valence-corrected chi connectivity index (χ4v) is 2.41. The maximum Gasteiger partial charge on any atom is 0.00360 e. The first-order valence-electron chi connectivity index (χ1n) is 7.97. The van der Waals surface area contributed by atoms with Crippen molar-refractivity contribution in [3.05, 3.63) is 0 Å². The third kappa shape index (κ3) is 10.8. The van der Waals surface area contributed by atoms with Gasteiger partial charge in [-0.05, 0) is 38.6 Å². The molecule has 0 heterocycles. The van der Waals surface area contributed by atoms with E-state index in [0.29, 0.717) is 6.04 Å². The second-order valence-corrected chi connectivity index (χ2v) is 5.56. The zero-order valence-electron chi connectivity index (χ0n) is 12.7. The molecule has 1 heteroatoms. The molecule has 0 aromatic rings. The molecule has 0 spiro atoms. The van der Waals surface area contributed by atoms with Crippen molar-refractivity contribution >= 4 is 0 Å². The van der Waals surface area contributed by atoms with Crippen LogP contribution in [-0.4, -0.2) is 12.6 Å². The van der Waals surface area contributed by atoms with E-state index in [0.717, 1.165) is 5.92 Å². The molecule has 2 unspecified atom stereocenters. The molecule has 0 fully saturated rings. The maximum atomic E-state index is 3.60. The predicted octanol–water partition coefficient (Wildman–Crippen LogP) is 5.15. The Labute approximate surface area is 110 Å². The van der Waals surface area contributed by atoms with Gasteiger partial charge in [0.25, 0.3) is 0 Å². The van der Waals surface area contributed by atoms with Crippen LogP contribution in [0.15, 0.2) is 0 Å². The average molecular weight is 241 g/mol. The molecule has 0 rings (SSSR count). The van der Waals surface area contributed by atoms with Gasteiger partial charge in [0.2, 0.25) is 0 Å². The molecular weight excluding hydrogens is 206 g/mol. The zero-order valence-corrected chi connectivity index (χ0v) is 12.7. The van der Waals surface area contributed by atoms with Gasteiger partial charge in [0.15, 0.2) is 0 Å². The van der Waals surface area contributed by atoms with Gasteiger partial charge < -0.3 is 5.32 Å². The van der Waals surface area contributed by atoms with Gasteiger partial charge in [0, 0.05) is 6.04 Å². The molecule has 2 atom stereocenters. The smallest absolute Gasteiger partial charge is 0.00360 e. The second kappa shape index (κ2) is 12.4. The Morgan fingerprint density at radius 3 is 2.12 bits per heavy atom. The minimum atomic E-state index is 0.694. The number of hydrogen-bond donors (Lipinski definition) is 1. The van der Waals surface area contributed by atoms with Crippen LogP contribution in [0.5, 0.6) is 0 Å². The highest BCUT2D eigenvalue weighted by atomic mass is 14.9. The fourth-order valence-electron chi connectivity index (χ4n) is 2.41. The summed E-state index contributed by atoms with van der Waals surface area (Å²) >= 11 is 0. The molecule has 0 amide bonds. The monoisotopic (exact) mass is 241 g/mol. The van der Waals surface area contributed by atoms with E-state index in [1.807, 2.05) is 0 Å². The molecule has 104 valence electrons. The Hall–Kier alpha value is -0.0400. The van der Waals surface area contributed by atoms with Crippen molar-refractivity contribution in [1.82, 2.24) is 5.32 Å². The molecule has 0 radical (unpaired) electrons. The summed E-state index contributed by atoms with van der Waals surface area (Å²) in [4.78, 5) is 0. The van der Waals surface area contributed by atoms with Crippen molar-refractivity contribution in [2.24, 2.45) is 5.92 Å². The summed E-state index contributed by atoms with van der Waals surface area (Å²) in [5.74, 6) is 0.991. The van der Waals surface area contributed by atoms with E-state index in [1.165, 1.54) is 64.3 Å². The van der Waals surface area contributed by atoms with Crippen LogP contribution in [0, 0.1) is 5.92 Å². The molecule has 0 aliphatic heterocycles. The Balaban J connectivity index is 3.54. The molecule has 1 nitrogen and oxygen atoms in total. The lowest BCUT2D eigenvalue weighted by Crippen LogP contribution is -2.26. The molecule has 0 aromatic heterocycles.